The zero-order chi connectivity index (χ0) is 32.6. The van der Waals surface area contributed by atoms with E-state index in [9.17, 15) is 0 Å². The molecule has 4 heterocycles. The molecule has 0 saturated carbocycles. The number of pyridine rings is 4. The highest BCUT2D eigenvalue weighted by Gasteiger charge is 2.46. The van der Waals surface area contributed by atoms with Crippen molar-refractivity contribution in [2.75, 3.05) is 0 Å². The average Bonchev–Trinajstić information content (AvgIpc) is 3.50. The van der Waals surface area contributed by atoms with Gasteiger partial charge in [-0.15, -0.1) is 0 Å². The minimum atomic E-state index is -0.636. The average molecular weight is 627 g/mol. The van der Waals surface area contributed by atoms with Crippen molar-refractivity contribution in [2.45, 2.75) is 5.41 Å². The molecule has 8 aromatic rings. The molecule has 1 aliphatic carbocycles. The van der Waals surface area contributed by atoms with Crippen LogP contribution in [0.1, 0.15) is 22.3 Å². The molecule has 4 aromatic heterocycles. The lowest BCUT2D eigenvalue weighted by molar-refractivity contribution is 0.770. The van der Waals surface area contributed by atoms with Crippen molar-refractivity contribution >= 4 is 0 Å². The van der Waals surface area contributed by atoms with Gasteiger partial charge in [-0.3, -0.25) is 19.9 Å². The molecule has 0 fully saturated rings. The summed E-state index contributed by atoms with van der Waals surface area (Å²) < 4.78 is 0. The summed E-state index contributed by atoms with van der Waals surface area (Å²) in [6, 6.07) is 48.6. The van der Waals surface area contributed by atoms with Crippen molar-refractivity contribution < 1.29 is 0 Å². The molecule has 4 aromatic carbocycles. The van der Waals surface area contributed by atoms with Gasteiger partial charge in [-0.1, -0.05) is 48.5 Å². The zero-order valence-electron chi connectivity index (χ0n) is 26.6. The summed E-state index contributed by atoms with van der Waals surface area (Å²) in [4.78, 5) is 17.3. The third-order valence-electron chi connectivity index (χ3n) is 9.74. The fraction of sp³-hybridized carbons (Fsp3) is 0.0222. The van der Waals surface area contributed by atoms with E-state index in [1.54, 1.807) is 0 Å². The van der Waals surface area contributed by atoms with Crippen molar-refractivity contribution in [1.29, 1.82) is 0 Å². The highest BCUT2D eigenvalue weighted by atomic mass is 14.6. The van der Waals surface area contributed by atoms with Crippen LogP contribution in [0.4, 0.5) is 0 Å². The summed E-state index contributed by atoms with van der Waals surface area (Å²) in [6.45, 7) is 0. The fourth-order valence-electron chi connectivity index (χ4n) is 7.56. The quantitative estimate of drug-likeness (QED) is 0.184. The Bertz CT molecular complexity index is 2140. The molecule has 0 amide bonds. The highest BCUT2D eigenvalue weighted by Crippen LogP contribution is 2.57. The van der Waals surface area contributed by atoms with E-state index in [1.165, 1.54) is 33.4 Å². The van der Waals surface area contributed by atoms with E-state index in [1.807, 2.05) is 49.6 Å². The molecule has 0 bridgehead atoms. The van der Waals surface area contributed by atoms with Crippen LogP contribution in [-0.2, 0) is 5.41 Å². The molecule has 0 atom stereocenters. The van der Waals surface area contributed by atoms with Gasteiger partial charge in [0.2, 0.25) is 0 Å². The van der Waals surface area contributed by atoms with E-state index in [0.717, 1.165) is 44.5 Å². The maximum atomic E-state index is 4.33. The van der Waals surface area contributed by atoms with E-state index in [2.05, 4.69) is 153 Å². The van der Waals surface area contributed by atoms with E-state index in [0.29, 0.717) is 0 Å². The predicted molar refractivity (Wildman–Crippen MR) is 197 cm³/mol. The van der Waals surface area contributed by atoms with E-state index in [-0.39, 0.29) is 0 Å². The summed E-state index contributed by atoms with van der Waals surface area (Å²) in [5.74, 6) is 0. The number of nitrogens with zero attached hydrogens (tertiary/aromatic N) is 4. The van der Waals surface area contributed by atoms with Gasteiger partial charge in [-0.05, 0) is 163 Å². The molecule has 0 N–H and O–H groups in total. The van der Waals surface area contributed by atoms with Crippen molar-refractivity contribution in [2.24, 2.45) is 0 Å². The Kier molecular flexibility index (Phi) is 6.98. The first-order valence-corrected chi connectivity index (χ1v) is 16.4. The zero-order valence-corrected chi connectivity index (χ0v) is 26.6. The summed E-state index contributed by atoms with van der Waals surface area (Å²) >= 11 is 0. The van der Waals surface area contributed by atoms with Gasteiger partial charge in [0.25, 0.3) is 0 Å². The van der Waals surface area contributed by atoms with Gasteiger partial charge in [0.05, 0.1) is 5.41 Å². The van der Waals surface area contributed by atoms with Gasteiger partial charge in [0, 0.05) is 49.6 Å². The van der Waals surface area contributed by atoms with Crippen LogP contribution in [0, 0.1) is 0 Å². The Balaban J connectivity index is 1.43. The monoisotopic (exact) mass is 626 g/mol. The molecule has 0 unspecified atom stereocenters. The predicted octanol–water partition coefficient (Wildman–Crippen LogP) is 10.3. The largest absolute Gasteiger partial charge is 0.265 e. The maximum Gasteiger partial charge on any atom is 0.0714 e. The Labute approximate surface area is 285 Å². The van der Waals surface area contributed by atoms with Crippen LogP contribution in [0.5, 0.6) is 0 Å². The van der Waals surface area contributed by atoms with Crippen LogP contribution in [-0.4, -0.2) is 19.9 Å². The SMILES string of the molecule is c1ccc2c(c1)-c1ccccc1C2(c1cc(-c2ccncc2)cc(-c2ccncc2)c1)c1cc(-c2ccncc2)cc(-c2ccncc2)c1. The van der Waals surface area contributed by atoms with E-state index in [4.69, 9.17) is 0 Å². The number of hydrogen-bond donors (Lipinski definition) is 0. The molecule has 1 aliphatic rings. The second-order valence-electron chi connectivity index (χ2n) is 12.4. The number of hydrogen-bond acceptors (Lipinski definition) is 4. The molecule has 0 radical (unpaired) electrons. The number of benzene rings is 4. The van der Waals surface area contributed by atoms with E-state index >= 15 is 0 Å². The second-order valence-corrected chi connectivity index (χ2v) is 12.4. The van der Waals surface area contributed by atoms with Crippen LogP contribution in [0.15, 0.2) is 183 Å². The van der Waals surface area contributed by atoms with Crippen LogP contribution in [0.2, 0.25) is 0 Å². The Morgan fingerprint density at radius 1 is 0.286 bits per heavy atom. The minimum absolute atomic E-state index is 0.636. The van der Waals surface area contributed by atoms with Crippen molar-refractivity contribution in [3.05, 3.63) is 205 Å². The first-order valence-electron chi connectivity index (χ1n) is 16.4. The minimum Gasteiger partial charge on any atom is -0.265 e. The van der Waals surface area contributed by atoms with Gasteiger partial charge < -0.3 is 0 Å². The van der Waals surface area contributed by atoms with Crippen molar-refractivity contribution in [1.82, 2.24) is 19.9 Å². The lowest BCUT2D eigenvalue weighted by Gasteiger charge is -2.35. The molecule has 0 aliphatic heterocycles. The number of rotatable bonds is 6. The third-order valence-corrected chi connectivity index (χ3v) is 9.74. The Morgan fingerprint density at radius 3 is 0.878 bits per heavy atom. The molecule has 0 saturated heterocycles. The molecular weight excluding hydrogens is 597 g/mol. The van der Waals surface area contributed by atoms with Crippen molar-refractivity contribution in [3.8, 4) is 55.6 Å². The van der Waals surface area contributed by atoms with Gasteiger partial charge in [-0.25, -0.2) is 0 Å². The lowest BCUT2D eigenvalue weighted by atomic mass is 9.66. The lowest BCUT2D eigenvalue weighted by Crippen LogP contribution is -2.29. The summed E-state index contributed by atoms with van der Waals surface area (Å²) in [7, 11) is 0. The molecule has 4 nitrogen and oxygen atoms in total. The Morgan fingerprint density at radius 2 is 0.571 bits per heavy atom. The standard InChI is InChI=1S/C45H30N4/c1-3-7-43-41(5-1)42-6-2-4-8-44(42)45(43,39-27-35(31-9-17-46-18-10-31)25-36(28-39)32-11-19-47-20-12-32)40-29-37(33-13-21-48-22-14-33)26-38(30-40)34-15-23-49-24-16-34/h1-30H. The summed E-state index contributed by atoms with van der Waals surface area (Å²) in [6.07, 6.45) is 14.9. The molecule has 49 heavy (non-hydrogen) atoms. The topological polar surface area (TPSA) is 51.6 Å². The summed E-state index contributed by atoms with van der Waals surface area (Å²) in [5.41, 5.74) is 15.8. The van der Waals surface area contributed by atoms with Gasteiger partial charge in [0.15, 0.2) is 0 Å². The van der Waals surface area contributed by atoms with Crippen LogP contribution in [0.25, 0.3) is 55.6 Å². The molecule has 0 spiro atoms. The van der Waals surface area contributed by atoms with Crippen LogP contribution >= 0.6 is 0 Å². The van der Waals surface area contributed by atoms with Gasteiger partial charge >= 0.3 is 0 Å². The molecular formula is C45H30N4. The number of aromatic nitrogens is 4. The normalized spacial score (nSPS) is 12.7. The highest BCUT2D eigenvalue weighted by molar-refractivity contribution is 5.89. The molecule has 9 rings (SSSR count). The molecule has 230 valence electrons. The summed E-state index contributed by atoms with van der Waals surface area (Å²) in [5, 5.41) is 0. The Hall–Kier alpha value is -6.52. The first-order chi connectivity index (χ1) is 24.3. The van der Waals surface area contributed by atoms with E-state index < -0.39 is 5.41 Å². The first kappa shape index (κ1) is 28.7. The van der Waals surface area contributed by atoms with Crippen molar-refractivity contribution in [3.63, 3.8) is 0 Å². The molecule has 4 heteroatoms. The number of fused-ring (bicyclic) bond motifs is 3. The van der Waals surface area contributed by atoms with Crippen LogP contribution in [0.3, 0.4) is 0 Å². The third kappa shape index (κ3) is 4.85. The maximum absolute atomic E-state index is 4.33. The van der Waals surface area contributed by atoms with Gasteiger partial charge in [0.1, 0.15) is 0 Å². The van der Waals surface area contributed by atoms with Crippen LogP contribution < -0.4 is 0 Å². The van der Waals surface area contributed by atoms with Gasteiger partial charge in [-0.2, -0.15) is 0 Å². The smallest absolute Gasteiger partial charge is 0.0714 e. The fourth-order valence-corrected chi connectivity index (χ4v) is 7.56. The second kappa shape index (κ2) is 11.9.